The molecular weight excluding hydrogens is 456 g/mol. The van der Waals surface area contributed by atoms with Gasteiger partial charge in [-0.1, -0.05) is 214 Å². The first-order valence-electron chi connectivity index (χ1n) is 16.8. The summed E-state index contributed by atoms with van der Waals surface area (Å²) in [5.41, 5.74) is 0. The van der Waals surface area contributed by atoms with Crippen LogP contribution in [0.2, 0.25) is 0 Å². The van der Waals surface area contributed by atoms with Gasteiger partial charge in [0.25, 0.3) is 0 Å². The van der Waals surface area contributed by atoms with Crippen molar-refractivity contribution in [1.29, 1.82) is 0 Å². The molecule has 0 saturated heterocycles. The summed E-state index contributed by atoms with van der Waals surface area (Å²) in [6.07, 6.45) is 26.9. The van der Waals surface area contributed by atoms with Crippen LogP contribution in [0.25, 0.3) is 0 Å². The van der Waals surface area contributed by atoms with E-state index in [0.717, 1.165) is 29.6 Å². The fourth-order valence-electron chi connectivity index (χ4n) is 5.40. The Morgan fingerprint density at radius 3 is 0.789 bits per heavy atom. The first-order chi connectivity index (χ1) is 16.8. The maximum absolute atomic E-state index is 2.44. The molecule has 0 N–H and O–H groups in total. The van der Waals surface area contributed by atoms with Crippen molar-refractivity contribution in [2.75, 3.05) is 0 Å². The first-order valence-corrected chi connectivity index (χ1v) is 16.8. The Labute approximate surface area is 249 Å². The van der Waals surface area contributed by atoms with Crippen molar-refractivity contribution in [3.63, 3.8) is 0 Å². The SMILES string of the molecule is C.C.C.CCCC(C)C.CCCCC(CCCC)C(CC(C)C)C(CCCC)CCCC.CCCCCC. The van der Waals surface area contributed by atoms with Gasteiger partial charge in [-0.25, -0.2) is 0 Å². The van der Waals surface area contributed by atoms with E-state index in [1.54, 1.807) is 0 Å². The van der Waals surface area contributed by atoms with Gasteiger partial charge in [-0.2, -0.15) is 0 Å². The number of hydrogen-bond acceptors (Lipinski definition) is 0. The average molecular weight is 545 g/mol. The molecule has 0 unspecified atom stereocenters. The zero-order valence-corrected chi connectivity index (χ0v) is 27.3. The van der Waals surface area contributed by atoms with Crippen LogP contribution in [-0.4, -0.2) is 0 Å². The Balaban J connectivity index is -0.000000142. The lowest BCUT2D eigenvalue weighted by Gasteiger charge is -2.36. The van der Waals surface area contributed by atoms with Crippen LogP contribution in [-0.2, 0) is 0 Å². The number of hydrogen-bond donors (Lipinski definition) is 0. The number of rotatable bonds is 21. The minimum Gasteiger partial charge on any atom is -0.0776 e. The Morgan fingerprint density at radius 1 is 0.342 bits per heavy atom. The molecule has 0 fully saturated rings. The van der Waals surface area contributed by atoms with Crippen molar-refractivity contribution < 1.29 is 0 Å². The fourth-order valence-corrected chi connectivity index (χ4v) is 5.40. The fraction of sp³-hybridized carbons (Fsp3) is 1.00. The second-order valence-electron chi connectivity index (χ2n) is 12.3. The lowest BCUT2D eigenvalue weighted by molar-refractivity contribution is 0.146. The molecule has 0 spiro atoms. The Bertz CT molecular complexity index is 302. The molecule has 0 bridgehead atoms. The summed E-state index contributed by atoms with van der Waals surface area (Å²) in [6, 6.07) is 0. The third kappa shape index (κ3) is 38.1. The van der Waals surface area contributed by atoms with Gasteiger partial charge in [0.15, 0.2) is 0 Å². The van der Waals surface area contributed by atoms with E-state index >= 15 is 0 Å². The summed E-state index contributed by atoms with van der Waals surface area (Å²) in [4.78, 5) is 0. The van der Waals surface area contributed by atoms with Gasteiger partial charge in [0.1, 0.15) is 0 Å². The Kier molecular flexibility index (Phi) is 55.5. The minimum absolute atomic E-state index is 0. The van der Waals surface area contributed by atoms with E-state index in [1.165, 1.54) is 122 Å². The van der Waals surface area contributed by atoms with Gasteiger partial charge in [0.2, 0.25) is 0 Å². The molecule has 38 heavy (non-hydrogen) atoms. The summed E-state index contributed by atoms with van der Waals surface area (Å²) in [5.74, 6) is 4.74. The highest BCUT2D eigenvalue weighted by atomic mass is 14.3. The third-order valence-electron chi connectivity index (χ3n) is 7.49. The molecule has 240 valence electrons. The maximum atomic E-state index is 2.44. The highest BCUT2D eigenvalue weighted by Gasteiger charge is 2.28. The van der Waals surface area contributed by atoms with Crippen molar-refractivity contribution in [3.8, 4) is 0 Å². The monoisotopic (exact) mass is 545 g/mol. The predicted molar refractivity (Wildman–Crippen MR) is 188 cm³/mol. The lowest BCUT2D eigenvalue weighted by Crippen LogP contribution is -2.26. The molecule has 0 atom stereocenters. The van der Waals surface area contributed by atoms with Crippen LogP contribution in [0, 0.1) is 29.6 Å². The van der Waals surface area contributed by atoms with Crippen molar-refractivity contribution in [2.24, 2.45) is 29.6 Å². The van der Waals surface area contributed by atoms with E-state index in [-0.39, 0.29) is 22.3 Å². The standard InChI is InChI=1S/C23H48.2C6H14.3CH4/c1-7-11-15-21(16-12-8-2)23(19-20(5)6)22(17-13-9-3)18-14-10-4;1-4-5-6(2)3;1-3-5-6-4-2;;;/h20-23H,7-19H2,1-6H3;6H,4-5H2,1-3H3;3-6H2,1-2H3;3*1H4. The summed E-state index contributed by atoms with van der Waals surface area (Å²) in [7, 11) is 0. The highest BCUT2D eigenvalue weighted by molar-refractivity contribution is 4.79. The minimum atomic E-state index is 0. The molecule has 0 aromatic rings. The van der Waals surface area contributed by atoms with Crippen LogP contribution in [0.3, 0.4) is 0 Å². The largest absolute Gasteiger partial charge is 0.0776 e. The van der Waals surface area contributed by atoms with Gasteiger partial charge >= 0.3 is 0 Å². The first kappa shape index (κ1) is 50.8. The Morgan fingerprint density at radius 2 is 0.632 bits per heavy atom. The van der Waals surface area contributed by atoms with E-state index in [2.05, 4.69) is 76.2 Å². The molecule has 0 rings (SSSR count). The summed E-state index contributed by atoms with van der Waals surface area (Å²) < 4.78 is 0. The summed E-state index contributed by atoms with van der Waals surface area (Å²) >= 11 is 0. The maximum Gasteiger partial charge on any atom is -0.0355 e. The highest BCUT2D eigenvalue weighted by Crippen LogP contribution is 2.39. The van der Waals surface area contributed by atoms with E-state index in [1.807, 2.05) is 0 Å². The molecule has 0 amide bonds. The topological polar surface area (TPSA) is 0 Å². The van der Waals surface area contributed by atoms with Crippen molar-refractivity contribution in [1.82, 2.24) is 0 Å². The van der Waals surface area contributed by atoms with Crippen LogP contribution in [0.1, 0.15) is 220 Å². The van der Waals surface area contributed by atoms with E-state index in [0.29, 0.717) is 0 Å². The lowest BCUT2D eigenvalue weighted by atomic mass is 9.70. The molecule has 0 aromatic carbocycles. The quantitative estimate of drug-likeness (QED) is 0.126. The molecule has 0 aliphatic rings. The zero-order valence-electron chi connectivity index (χ0n) is 27.3. The normalized spacial score (nSPS) is 10.4. The van der Waals surface area contributed by atoms with Gasteiger partial charge < -0.3 is 0 Å². The van der Waals surface area contributed by atoms with Crippen LogP contribution in [0.5, 0.6) is 0 Å². The van der Waals surface area contributed by atoms with Crippen molar-refractivity contribution in [3.05, 3.63) is 0 Å². The van der Waals surface area contributed by atoms with Gasteiger partial charge in [0.05, 0.1) is 0 Å². The predicted octanol–water partition coefficient (Wildman–Crippen LogP) is 15.6. The molecule has 0 aromatic heterocycles. The smallest absolute Gasteiger partial charge is 0.0355 e. The molecule has 0 nitrogen and oxygen atoms in total. The van der Waals surface area contributed by atoms with Gasteiger partial charge in [-0.15, -0.1) is 0 Å². The van der Waals surface area contributed by atoms with Gasteiger partial charge in [-0.05, 0) is 36.0 Å². The average Bonchev–Trinajstić information content (AvgIpc) is 2.82. The van der Waals surface area contributed by atoms with E-state index < -0.39 is 0 Å². The van der Waals surface area contributed by atoms with Crippen molar-refractivity contribution >= 4 is 0 Å². The van der Waals surface area contributed by atoms with Crippen LogP contribution < -0.4 is 0 Å². The van der Waals surface area contributed by atoms with Gasteiger partial charge in [0, 0.05) is 0 Å². The molecule has 0 aliphatic carbocycles. The van der Waals surface area contributed by atoms with Crippen LogP contribution in [0.4, 0.5) is 0 Å². The molecule has 0 radical (unpaired) electrons. The molecule has 0 aliphatic heterocycles. The third-order valence-corrected chi connectivity index (χ3v) is 7.49. The molecule has 0 heterocycles. The molecular formula is C38H88. The van der Waals surface area contributed by atoms with Crippen molar-refractivity contribution in [2.45, 2.75) is 220 Å². The van der Waals surface area contributed by atoms with E-state index in [9.17, 15) is 0 Å². The Hall–Kier alpha value is 0. The van der Waals surface area contributed by atoms with Gasteiger partial charge in [-0.3, -0.25) is 0 Å². The second kappa shape index (κ2) is 41.5. The zero-order chi connectivity index (χ0) is 27.3. The second-order valence-corrected chi connectivity index (χ2v) is 12.3. The molecule has 0 heteroatoms. The van der Waals surface area contributed by atoms with Crippen LogP contribution >= 0.6 is 0 Å². The summed E-state index contributed by atoms with van der Waals surface area (Å²) in [6.45, 7) is 25.5. The number of unbranched alkanes of at least 4 members (excludes halogenated alkanes) is 7. The molecule has 0 saturated carbocycles. The van der Waals surface area contributed by atoms with Crippen LogP contribution in [0.15, 0.2) is 0 Å². The van der Waals surface area contributed by atoms with E-state index in [4.69, 9.17) is 0 Å². The summed E-state index contributed by atoms with van der Waals surface area (Å²) in [5, 5.41) is 0.